The molecule has 0 spiro atoms. The summed E-state index contributed by atoms with van der Waals surface area (Å²) in [6.07, 6.45) is 2.42. The van der Waals surface area contributed by atoms with Crippen molar-refractivity contribution in [2.75, 3.05) is 0 Å². The molecule has 1 unspecified atom stereocenters. The first-order valence-corrected chi connectivity index (χ1v) is 3.43. The smallest absolute Gasteiger partial charge is 0.125 e. The van der Waals surface area contributed by atoms with Crippen LogP contribution in [0.25, 0.3) is 0 Å². The molecular weight excluding hydrogens is 134 g/mol. The molecule has 1 aliphatic carbocycles. The van der Waals surface area contributed by atoms with Gasteiger partial charge in [-0.2, -0.15) is 0 Å². The largest absolute Gasteiger partial charge is 0.242 e. The Balaban J connectivity index is 2.70. The number of halogens is 2. The Labute approximate surface area is 59.2 Å². The molecule has 0 aromatic rings. The highest BCUT2D eigenvalue weighted by atomic mass is 19.1. The maximum absolute atomic E-state index is 12.5. The average molecular weight is 144 g/mol. The third-order valence-electron chi connectivity index (χ3n) is 1.59. The number of alkyl halides is 1. The van der Waals surface area contributed by atoms with E-state index in [9.17, 15) is 8.78 Å². The van der Waals surface area contributed by atoms with Gasteiger partial charge in [-0.15, -0.1) is 0 Å². The topological polar surface area (TPSA) is 0 Å². The molecule has 1 rings (SSSR count). The summed E-state index contributed by atoms with van der Waals surface area (Å²) >= 11 is 0. The summed E-state index contributed by atoms with van der Waals surface area (Å²) in [7, 11) is 0. The van der Waals surface area contributed by atoms with Crippen molar-refractivity contribution >= 4 is 0 Å². The van der Waals surface area contributed by atoms with Crippen LogP contribution in [0.3, 0.4) is 0 Å². The van der Waals surface area contributed by atoms with E-state index in [0.717, 1.165) is 18.1 Å². The zero-order valence-electron chi connectivity index (χ0n) is 5.90. The summed E-state index contributed by atoms with van der Waals surface area (Å²) < 4.78 is 24.9. The van der Waals surface area contributed by atoms with E-state index in [4.69, 9.17) is 0 Å². The van der Waals surface area contributed by atoms with Crippen molar-refractivity contribution in [3.63, 3.8) is 0 Å². The molecule has 0 aliphatic heterocycles. The minimum absolute atomic E-state index is 0.365. The Morgan fingerprint density at radius 1 is 1.70 bits per heavy atom. The van der Waals surface area contributed by atoms with Gasteiger partial charge in [0, 0.05) is 6.42 Å². The molecule has 0 heterocycles. The Bertz CT molecular complexity index is 180. The van der Waals surface area contributed by atoms with Crippen molar-refractivity contribution in [3.8, 4) is 0 Å². The summed E-state index contributed by atoms with van der Waals surface area (Å²) in [5, 5.41) is 0. The minimum atomic E-state index is -1.11. The van der Waals surface area contributed by atoms with Crippen LogP contribution in [0.1, 0.15) is 19.8 Å². The van der Waals surface area contributed by atoms with Crippen LogP contribution in [0.5, 0.6) is 0 Å². The molecule has 56 valence electrons. The van der Waals surface area contributed by atoms with Gasteiger partial charge in [-0.3, -0.25) is 0 Å². The van der Waals surface area contributed by atoms with Crippen LogP contribution in [0, 0.1) is 0 Å². The normalized spacial score (nSPS) is 25.7. The molecule has 2 heteroatoms. The van der Waals surface area contributed by atoms with Gasteiger partial charge in [0.05, 0.1) is 0 Å². The maximum Gasteiger partial charge on any atom is 0.125 e. The summed E-state index contributed by atoms with van der Waals surface area (Å²) in [5.74, 6) is -0.435. The quantitative estimate of drug-likeness (QED) is 0.530. The number of rotatable bonds is 1. The highest BCUT2D eigenvalue weighted by Gasteiger charge is 2.12. The first-order chi connectivity index (χ1) is 4.72. The number of hydrogen-bond acceptors (Lipinski definition) is 0. The monoisotopic (exact) mass is 144 g/mol. The lowest BCUT2D eigenvalue weighted by molar-refractivity contribution is 0.383. The molecule has 0 fully saturated rings. The van der Waals surface area contributed by atoms with E-state index in [1.807, 2.05) is 6.92 Å². The van der Waals surface area contributed by atoms with Crippen LogP contribution < -0.4 is 0 Å². The molecule has 0 nitrogen and oxygen atoms in total. The lowest BCUT2D eigenvalue weighted by atomic mass is 10.0. The molecule has 10 heavy (non-hydrogen) atoms. The third-order valence-corrected chi connectivity index (χ3v) is 1.59. The molecule has 1 aliphatic rings. The van der Waals surface area contributed by atoms with Gasteiger partial charge in [-0.1, -0.05) is 12.5 Å². The summed E-state index contributed by atoms with van der Waals surface area (Å²) in [6, 6.07) is 0. The predicted molar refractivity (Wildman–Crippen MR) is 37.1 cm³/mol. The van der Waals surface area contributed by atoms with Gasteiger partial charge in [0.25, 0.3) is 0 Å². The zero-order valence-corrected chi connectivity index (χ0v) is 5.90. The van der Waals surface area contributed by atoms with E-state index in [1.165, 1.54) is 6.08 Å². The van der Waals surface area contributed by atoms with Gasteiger partial charge in [-0.25, -0.2) is 8.78 Å². The van der Waals surface area contributed by atoms with E-state index in [1.54, 1.807) is 0 Å². The Morgan fingerprint density at radius 2 is 2.40 bits per heavy atom. The fraction of sp³-hybridized carbons (Fsp3) is 0.500. The van der Waals surface area contributed by atoms with Crippen LogP contribution in [0.4, 0.5) is 8.78 Å². The van der Waals surface area contributed by atoms with E-state index >= 15 is 0 Å². The highest BCUT2D eigenvalue weighted by molar-refractivity contribution is 5.25. The second-order valence-corrected chi connectivity index (χ2v) is 2.43. The van der Waals surface area contributed by atoms with Crippen molar-refractivity contribution in [2.45, 2.75) is 25.9 Å². The van der Waals surface area contributed by atoms with Crippen molar-refractivity contribution in [3.05, 3.63) is 23.6 Å². The zero-order chi connectivity index (χ0) is 7.56. The Hall–Kier alpha value is -0.660. The molecule has 0 amide bonds. The fourth-order valence-corrected chi connectivity index (χ4v) is 1.03. The summed E-state index contributed by atoms with van der Waals surface area (Å²) in [6.45, 7) is 1.90. The number of hydrogen-bond donors (Lipinski definition) is 0. The molecule has 0 aromatic carbocycles. The Kier molecular flexibility index (Phi) is 2.20. The van der Waals surface area contributed by atoms with Crippen molar-refractivity contribution < 1.29 is 8.78 Å². The van der Waals surface area contributed by atoms with Crippen LogP contribution in [0.2, 0.25) is 0 Å². The van der Waals surface area contributed by atoms with E-state index in [-0.39, 0.29) is 0 Å². The highest BCUT2D eigenvalue weighted by Crippen LogP contribution is 2.22. The van der Waals surface area contributed by atoms with Crippen molar-refractivity contribution in [1.82, 2.24) is 0 Å². The van der Waals surface area contributed by atoms with Crippen LogP contribution in [-0.4, -0.2) is 6.17 Å². The summed E-state index contributed by atoms with van der Waals surface area (Å²) in [5.41, 5.74) is 0.854. The maximum atomic E-state index is 12.5. The minimum Gasteiger partial charge on any atom is -0.242 e. The molecule has 0 N–H and O–H groups in total. The van der Waals surface area contributed by atoms with E-state index < -0.39 is 12.0 Å². The Morgan fingerprint density at radius 3 is 2.90 bits per heavy atom. The average Bonchev–Trinajstić information content (AvgIpc) is 1.85. The molecule has 0 radical (unpaired) electrons. The predicted octanol–water partition coefficient (Wildman–Crippen LogP) is 2.92. The van der Waals surface area contributed by atoms with Crippen LogP contribution in [0.15, 0.2) is 23.6 Å². The molecule has 0 saturated heterocycles. The van der Waals surface area contributed by atoms with Gasteiger partial charge in [0.1, 0.15) is 12.0 Å². The summed E-state index contributed by atoms with van der Waals surface area (Å²) in [4.78, 5) is 0. The molecule has 0 saturated carbocycles. The third kappa shape index (κ3) is 1.66. The lowest BCUT2D eigenvalue weighted by Crippen LogP contribution is -2.02. The van der Waals surface area contributed by atoms with Crippen molar-refractivity contribution in [1.29, 1.82) is 0 Å². The molecule has 1 atom stereocenters. The first-order valence-electron chi connectivity index (χ1n) is 3.43. The molecule has 0 bridgehead atoms. The lowest BCUT2D eigenvalue weighted by Gasteiger charge is -2.10. The SMILES string of the molecule is CCC1=CC(F)=CC(F)C1. The van der Waals surface area contributed by atoms with Crippen LogP contribution in [-0.2, 0) is 0 Å². The van der Waals surface area contributed by atoms with Crippen molar-refractivity contribution in [2.24, 2.45) is 0 Å². The van der Waals surface area contributed by atoms with Crippen LogP contribution >= 0.6 is 0 Å². The van der Waals surface area contributed by atoms with Gasteiger partial charge in [0.2, 0.25) is 0 Å². The van der Waals surface area contributed by atoms with E-state index in [2.05, 4.69) is 0 Å². The van der Waals surface area contributed by atoms with E-state index in [0.29, 0.717) is 6.42 Å². The van der Waals surface area contributed by atoms with Gasteiger partial charge in [-0.05, 0) is 18.6 Å². The first kappa shape index (κ1) is 7.45. The molecular formula is C8H10F2. The standard InChI is InChI=1S/C8H10F2/c1-2-6-3-7(9)5-8(10)4-6/h3,5,8H,2,4H2,1H3. The second-order valence-electron chi connectivity index (χ2n) is 2.43. The molecule has 0 aromatic heterocycles. The van der Waals surface area contributed by atoms with Gasteiger partial charge in [0.15, 0.2) is 0 Å². The second kappa shape index (κ2) is 2.95. The van der Waals surface area contributed by atoms with Gasteiger partial charge < -0.3 is 0 Å². The fourth-order valence-electron chi connectivity index (χ4n) is 1.03. The number of allylic oxidation sites excluding steroid dienone is 4. The van der Waals surface area contributed by atoms with Gasteiger partial charge >= 0.3 is 0 Å².